The summed E-state index contributed by atoms with van der Waals surface area (Å²) in [5.41, 5.74) is 0.436. The van der Waals surface area contributed by atoms with Gasteiger partial charge in [-0.05, 0) is 31.0 Å². The Hall–Kier alpha value is -1.43. The minimum absolute atomic E-state index is 0.0166. The van der Waals surface area contributed by atoms with Crippen LogP contribution >= 0.6 is 11.6 Å². The van der Waals surface area contributed by atoms with Crippen molar-refractivity contribution in [3.8, 4) is 0 Å². The van der Waals surface area contributed by atoms with E-state index in [0.717, 1.165) is 0 Å². The van der Waals surface area contributed by atoms with Crippen LogP contribution in [0.1, 0.15) is 23.2 Å². The topological polar surface area (TPSA) is 40.5 Å². The molecule has 0 saturated carbocycles. The molecule has 0 amide bonds. The van der Waals surface area contributed by atoms with Crippen LogP contribution in [0.3, 0.4) is 0 Å². The fourth-order valence-electron chi connectivity index (χ4n) is 2.40. The van der Waals surface area contributed by atoms with Crippen molar-refractivity contribution in [3.05, 3.63) is 28.8 Å². The standard InChI is InChI=1S/C13H13ClF3NO2/c14-9-1-2-11(10(7-9)12(19)20)18-5-3-8(4-6-18)13(15,16)17/h1-2,7-8H,3-6H2,(H,19,20). The molecule has 0 unspecified atom stereocenters. The number of alkyl halides is 3. The average molecular weight is 308 g/mol. The Morgan fingerprint density at radius 2 is 1.90 bits per heavy atom. The number of carbonyl (C=O) groups is 1. The second-order valence-electron chi connectivity index (χ2n) is 4.77. The molecule has 1 aromatic rings. The van der Waals surface area contributed by atoms with E-state index in [1.54, 1.807) is 17.0 Å². The van der Waals surface area contributed by atoms with Crippen LogP contribution in [0.15, 0.2) is 18.2 Å². The van der Waals surface area contributed by atoms with Crippen molar-refractivity contribution in [1.82, 2.24) is 0 Å². The third kappa shape index (κ3) is 3.17. The smallest absolute Gasteiger partial charge is 0.391 e. The van der Waals surface area contributed by atoms with Crippen molar-refractivity contribution in [2.75, 3.05) is 18.0 Å². The van der Waals surface area contributed by atoms with Crippen LogP contribution < -0.4 is 4.90 Å². The molecule has 1 aliphatic heterocycles. The maximum absolute atomic E-state index is 12.6. The summed E-state index contributed by atoms with van der Waals surface area (Å²) in [7, 11) is 0. The molecule has 0 spiro atoms. The average Bonchev–Trinajstić information content (AvgIpc) is 2.37. The Labute approximate surface area is 118 Å². The van der Waals surface area contributed by atoms with E-state index in [0.29, 0.717) is 5.69 Å². The quantitative estimate of drug-likeness (QED) is 0.903. The Balaban J connectivity index is 2.17. The van der Waals surface area contributed by atoms with Crippen molar-refractivity contribution in [2.24, 2.45) is 5.92 Å². The summed E-state index contributed by atoms with van der Waals surface area (Å²) in [6, 6.07) is 4.40. The lowest BCUT2D eigenvalue weighted by atomic mass is 9.95. The number of halogens is 4. The third-order valence-electron chi connectivity index (χ3n) is 3.49. The normalized spacial score (nSPS) is 17.3. The summed E-state index contributed by atoms with van der Waals surface area (Å²) in [5, 5.41) is 9.42. The fourth-order valence-corrected chi connectivity index (χ4v) is 2.58. The van der Waals surface area contributed by atoms with E-state index < -0.39 is 18.1 Å². The lowest BCUT2D eigenvalue weighted by Crippen LogP contribution is -2.39. The van der Waals surface area contributed by atoms with E-state index >= 15 is 0 Å². The Morgan fingerprint density at radius 3 is 2.40 bits per heavy atom. The van der Waals surface area contributed by atoms with Gasteiger partial charge in [-0.1, -0.05) is 11.6 Å². The van der Waals surface area contributed by atoms with Crippen molar-refractivity contribution >= 4 is 23.3 Å². The van der Waals surface area contributed by atoms with Gasteiger partial charge in [0.25, 0.3) is 0 Å². The lowest BCUT2D eigenvalue weighted by Gasteiger charge is -2.35. The number of carboxylic acid groups (broad SMARTS) is 1. The van der Waals surface area contributed by atoms with Gasteiger partial charge in [0, 0.05) is 18.1 Å². The minimum Gasteiger partial charge on any atom is -0.478 e. The first-order chi connectivity index (χ1) is 9.29. The summed E-state index contributed by atoms with van der Waals surface area (Å²) < 4.78 is 37.8. The molecule has 110 valence electrons. The second-order valence-corrected chi connectivity index (χ2v) is 5.21. The van der Waals surface area contributed by atoms with Crippen molar-refractivity contribution in [1.29, 1.82) is 0 Å². The largest absolute Gasteiger partial charge is 0.478 e. The molecule has 0 radical (unpaired) electrons. The number of carboxylic acids is 1. The van der Waals surface area contributed by atoms with E-state index in [4.69, 9.17) is 16.7 Å². The summed E-state index contributed by atoms with van der Waals surface area (Å²) >= 11 is 5.75. The van der Waals surface area contributed by atoms with Crippen LogP contribution in [-0.2, 0) is 0 Å². The van der Waals surface area contributed by atoms with Crippen LogP contribution in [0.2, 0.25) is 5.02 Å². The Bertz CT molecular complexity index is 511. The number of benzene rings is 1. The van der Waals surface area contributed by atoms with Gasteiger partial charge < -0.3 is 10.0 Å². The monoisotopic (exact) mass is 307 g/mol. The van der Waals surface area contributed by atoms with E-state index in [2.05, 4.69) is 0 Å². The highest BCUT2D eigenvalue weighted by Gasteiger charge is 2.41. The lowest BCUT2D eigenvalue weighted by molar-refractivity contribution is -0.179. The van der Waals surface area contributed by atoms with Gasteiger partial charge in [-0.25, -0.2) is 4.79 Å². The van der Waals surface area contributed by atoms with E-state index in [-0.39, 0.29) is 36.5 Å². The van der Waals surface area contributed by atoms with E-state index in [1.807, 2.05) is 0 Å². The molecule has 1 heterocycles. The number of rotatable bonds is 2. The molecule has 20 heavy (non-hydrogen) atoms. The fraction of sp³-hybridized carbons (Fsp3) is 0.462. The Morgan fingerprint density at radius 1 is 1.30 bits per heavy atom. The van der Waals surface area contributed by atoms with Gasteiger partial charge in [0.05, 0.1) is 17.2 Å². The molecule has 3 nitrogen and oxygen atoms in total. The minimum atomic E-state index is -4.18. The van der Waals surface area contributed by atoms with Gasteiger partial charge >= 0.3 is 12.1 Å². The van der Waals surface area contributed by atoms with Crippen molar-refractivity contribution in [2.45, 2.75) is 19.0 Å². The van der Waals surface area contributed by atoms with Crippen LogP contribution in [-0.4, -0.2) is 30.3 Å². The highest BCUT2D eigenvalue weighted by atomic mass is 35.5. The molecule has 1 saturated heterocycles. The van der Waals surface area contributed by atoms with E-state index in [9.17, 15) is 18.0 Å². The molecule has 0 aliphatic carbocycles. The van der Waals surface area contributed by atoms with Gasteiger partial charge in [-0.2, -0.15) is 13.2 Å². The number of hydrogen-bond donors (Lipinski definition) is 1. The first-order valence-electron chi connectivity index (χ1n) is 6.13. The van der Waals surface area contributed by atoms with Gasteiger partial charge in [0.15, 0.2) is 0 Å². The highest BCUT2D eigenvalue weighted by Crippen LogP contribution is 2.36. The molecule has 1 aromatic carbocycles. The molecule has 7 heteroatoms. The van der Waals surface area contributed by atoms with Gasteiger partial charge in [0.1, 0.15) is 0 Å². The van der Waals surface area contributed by atoms with Crippen LogP contribution in [0.25, 0.3) is 0 Å². The zero-order valence-electron chi connectivity index (χ0n) is 10.5. The highest BCUT2D eigenvalue weighted by molar-refractivity contribution is 6.31. The zero-order chi connectivity index (χ0) is 14.9. The molecule has 1 aliphatic rings. The summed E-state index contributed by atoms with van der Waals surface area (Å²) in [4.78, 5) is 12.8. The number of nitrogens with zero attached hydrogens (tertiary/aromatic N) is 1. The summed E-state index contributed by atoms with van der Waals surface area (Å²) in [6.07, 6.45) is -4.22. The van der Waals surface area contributed by atoms with Crippen LogP contribution in [0.4, 0.5) is 18.9 Å². The number of piperidine rings is 1. The molecule has 0 atom stereocenters. The predicted octanol–water partition coefficient (Wildman–Crippen LogP) is 3.82. The third-order valence-corrected chi connectivity index (χ3v) is 3.72. The van der Waals surface area contributed by atoms with Gasteiger partial charge in [-0.3, -0.25) is 0 Å². The van der Waals surface area contributed by atoms with Crippen molar-refractivity contribution < 1.29 is 23.1 Å². The molecule has 2 rings (SSSR count). The number of anilines is 1. The number of hydrogen-bond acceptors (Lipinski definition) is 2. The second kappa shape index (κ2) is 5.52. The molecule has 0 bridgehead atoms. The Kier molecular flexibility index (Phi) is 4.13. The molecule has 0 aromatic heterocycles. The van der Waals surface area contributed by atoms with E-state index in [1.165, 1.54) is 6.07 Å². The van der Waals surface area contributed by atoms with Gasteiger partial charge in [0.2, 0.25) is 0 Å². The molecular formula is C13H13ClF3NO2. The SMILES string of the molecule is O=C(O)c1cc(Cl)ccc1N1CCC(C(F)(F)F)CC1. The van der Waals surface area contributed by atoms with Crippen LogP contribution in [0, 0.1) is 5.92 Å². The van der Waals surface area contributed by atoms with Crippen molar-refractivity contribution in [3.63, 3.8) is 0 Å². The van der Waals surface area contributed by atoms with Gasteiger partial charge in [-0.15, -0.1) is 0 Å². The first kappa shape index (κ1) is 15.0. The molecule has 1 fully saturated rings. The molecule has 1 N–H and O–H groups in total. The van der Waals surface area contributed by atoms with Crippen LogP contribution in [0.5, 0.6) is 0 Å². The maximum Gasteiger partial charge on any atom is 0.391 e. The predicted molar refractivity (Wildman–Crippen MR) is 69.4 cm³/mol. The summed E-state index contributed by atoms with van der Waals surface area (Å²) in [5.74, 6) is -2.44. The zero-order valence-corrected chi connectivity index (χ0v) is 11.2. The maximum atomic E-state index is 12.6. The number of aromatic carboxylic acids is 1. The summed E-state index contributed by atoms with van der Waals surface area (Å²) in [6.45, 7) is 0.373. The first-order valence-corrected chi connectivity index (χ1v) is 6.51. The molecular weight excluding hydrogens is 295 g/mol.